The fourth-order valence-corrected chi connectivity index (χ4v) is 1.67. The summed E-state index contributed by atoms with van der Waals surface area (Å²) in [5.41, 5.74) is -2.40. The third-order valence-electron chi connectivity index (χ3n) is 2.92. The van der Waals surface area contributed by atoms with Crippen LogP contribution in [0.1, 0.15) is 29.0 Å². The molecule has 0 atom stereocenters. The SMILES string of the molecule is O=Cc1nnn(CC2(CO)CC2)c1C(F)(F)F. The van der Waals surface area contributed by atoms with Gasteiger partial charge in [-0.1, -0.05) is 5.21 Å². The normalized spacial score (nSPS) is 18.1. The summed E-state index contributed by atoms with van der Waals surface area (Å²) in [7, 11) is 0. The van der Waals surface area contributed by atoms with Crippen LogP contribution in [0.4, 0.5) is 13.2 Å². The van der Waals surface area contributed by atoms with Crippen LogP contribution in [0.15, 0.2) is 0 Å². The van der Waals surface area contributed by atoms with Crippen LogP contribution in [0.5, 0.6) is 0 Å². The van der Waals surface area contributed by atoms with Crippen molar-refractivity contribution in [2.24, 2.45) is 5.41 Å². The van der Waals surface area contributed by atoms with Crippen LogP contribution in [-0.2, 0) is 12.7 Å². The van der Waals surface area contributed by atoms with Crippen molar-refractivity contribution in [3.05, 3.63) is 11.4 Å². The molecule has 0 aliphatic heterocycles. The number of halogens is 3. The molecule has 0 unspecified atom stereocenters. The predicted molar refractivity (Wildman–Crippen MR) is 49.2 cm³/mol. The first kappa shape index (κ1) is 12.0. The summed E-state index contributed by atoms with van der Waals surface area (Å²) in [5.74, 6) is 0. The first-order valence-corrected chi connectivity index (χ1v) is 4.99. The van der Waals surface area contributed by atoms with E-state index in [1.807, 2.05) is 0 Å². The Morgan fingerprint density at radius 3 is 2.53 bits per heavy atom. The van der Waals surface area contributed by atoms with Gasteiger partial charge in [0.05, 0.1) is 13.2 Å². The molecule has 94 valence electrons. The zero-order chi connectivity index (χ0) is 12.7. The van der Waals surface area contributed by atoms with Gasteiger partial charge < -0.3 is 5.11 Å². The first-order chi connectivity index (χ1) is 7.92. The average molecular weight is 249 g/mol. The summed E-state index contributed by atoms with van der Waals surface area (Å²) in [6.07, 6.45) is -3.34. The van der Waals surface area contributed by atoms with Gasteiger partial charge in [0.1, 0.15) is 0 Å². The Kier molecular flexibility index (Phi) is 2.69. The number of aldehydes is 1. The van der Waals surface area contributed by atoms with Crippen LogP contribution in [0.2, 0.25) is 0 Å². The maximum absolute atomic E-state index is 12.7. The second kappa shape index (κ2) is 3.80. The Hall–Kier alpha value is -1.44. The molecule has 1 saturated carbocycles. The molecule has 8 heteroatoms. The molecule has 0 bridgehead atoms. The smallest absolute Gasteiger partial charge is 0.396 e. The molecule has 1 aliphatic rings. The van der Waals surface area contributed by atoms with Gasteiger partial charge >= 0.3 is 6.18 Å². The number of carbonyl (C=O) groups is 1. The lowest BCUT2D eigenvalue weighted by atomic mass is 10.1. The summed E-state index contributed by atoms with van der Waals surface area (Å²) < 4.78 is 38.8. The van der Waals surface area contributed by atoms with Gasteiger partial charge in [-0.3, -0.25) is 4.79 Å². The minimum atomic E-state index is -4.68. The molecule has 1 N–H and O–H groups in total. The molecule has 5 nitrogen and oxygen atoms in total. The fourth-order valence-electron chi connectivity index (χ4n) is 1.67. The predicted octanol–water partition coefficient (Wildman–Crippen LogP) is 0.882. The minimum absolute atomic E-state index is 0.0326. The number of carbonyl (C=O) groups excluding carboxylic acids is 1. The molecular weight excluding hydrogens is 239 g/mol. The Bertz CT molecular complexity index is 437. The number of alkyl halides is 3. The molecule has 1 aromatic heterocycles. The van der Waals surface area contributed by atoms with Gasteiger partial charge in [-0.2, -0.15) is 13.2 Å². The van der Waals surface area contributed by atoms with E-state index >= 15 is 0 Å². The standard InChI is InChI=1S/C9H10F3N3O2/c10-9(11,12)7-6(3-16)13-14-15(7)4-8(5-17)1-2-8/h3,17H,1-2,4-5H2. The van der Waals surface area contributed by atoms with E-state index in [-0.39, 0.29) is 19.4 Å². The van der Waals surface area contributed by atoms with E-state index in [0.29, 0.717) is 17.5 Å². The largest absolute Gasteiger partial charge is 0.435 e. The number of aromatic nitrogens is 3. The lowest BCUT2D eigenvalue weighted by molar-refractivity contribution is -0.145. The second-order valence-corrected chi connectivity index (χ2v) is 4.25. The van der Waals surface area contributed by atoms with Crippen LogP contribution < -0.4 is 0 Å². The average Bonchev–Trinajstić information content (AvgIpc) is 2.89. The number of aliphatic hydroxyl groups excluding tert-OH is 1. The van der Waals surface area contributed by atoms with Gasteiger partial charge in [-0.15, -0.1) is 5.10 Å². The van der Waals surface area contributed by atoms with E-state index in [2.05, 4.69) is 10.3 Å². The van der Waals surface area contributed by atoms with Crippen LogP contribution in [-0.4, -0.2) is 33.0 Å². The zero-order valence-electron chi connectivity index (χ0n) is 8.74. The maximum Gasteiger partial charge on any atom is 0.435 e. The van der Waals surface area contributed by atoms with Crippen LogP contribution in [0, 0.1) is 5.41 Å². The van der Waals surface area contributed by atoms with Crippen molar-refractivity contribution in [1.29, 1.82) is 0 Å². The van der Waals surface area contributed by atoms with Gasteiger partial charge in [0, 0.05) is 5.41 Å². The fraction of sp³-hybridized carbons (Fsp3) is 0.667. The van der Waals surface area contributed by atoms with Crippen molar-refractivity contribution < 1.29 is 23.1 Å². The summed E-state index contributed by atoms with van der Waals surface area (Å²) in [6.45, 7) is -0.264. The molecule has 17 heavy (non-hydrogen) atoms. The highest BCUT2D eigenvalue weighted by Crippen LogP contribution is 2.47. The minimum Gasteiger partial charge on any atom is -0.396 e. The van der Waals surface area contributed by atoms with Gasteiger partial charge in [0.2, 0.25) is 0 Å². The molecule has 0 spiro atoms. The molecular formula is C9H10F3N3O2. The summed E-state index contributed by atoms with van der Waals surface area (Å²) in [4.78, 5) is 10.5. The van der Waals surface area contributed by atoms with Crippen molar-refractivity contribution in [3.63, 3.8) is 0 Å². The van der Waals surface area contributed by atoms with E-state index in [9.17, 15) is 18.0 Å². The van der Waals surface area contributed by atoms with Gasteiger partial charge in [-0.25, -0.2) is 4.68 Å². The number of rotatable bonds is 4. The Morgan fingerprint density at radius 2 is 2.12 bits per heavy atom. The van der Waals surface area contributed by atoms with E-state index in [1.54, 1.807) is 0 Å². The van der Waals surface area contributed by atoms with Crippen molar-refractivity contribution in [1.82, 2.24) is 15.0 Å². The first-order valence-electron chi connectivity index (χ1n) is 4.99. The van der Waals surface area contributed by atoms with Crippen LogP contribution in [0.25, 0.3) is 0 Å². The molecule has 1 aliphatic carbocycles. The summed E-state index contributed by atoms with van der Waals surface area (Å²) in [6, 6.07) is 0. The van der Waals surface area contributed by atoms with Crippen molar-refractivity contribution in [2.45, 2.75) is 25.6 Å². The second-order valence-electron chi connectivity index (χ2n) is 4.25. The molecule has 1 heterocycles. The Morgan fingerprint density at radius 1 is 1.47 bits per heavy atom. The van der Waals surface area contributed by atoms with Crippen LogP contribution in [0.3, 0.4) is 0 Å². The third-order valence-corrected chi connectivity index (χ3v) is 2.92. The lowest BCUT2D eigenvalue weighted by Crippen LogP contribution is -2.23. The highest BCUT2D eigenvalue weighted by molar-refractivity contribution is 5.73. The van der Waals surface area contributed by atoms with E-state index in [1.165, 1.54) is 0 Å². The maximum atomic E-state index is 12.7. The van der Waals surface area contributed by atoms with Gasteiger partial charge in [-0.05, 0) is 12.8 Å². The molecule has 0 amide bonds. The molecule has 1 fully saturated rings. The number of nitrogens with zero attached hydrogens (tertiary/aromatic N) is 3. The highest BCUT2D eigenvalue weighted by Gasteiger charge is 2.46. The van der Waals surface area contributed by atoms with Crippen molar-refractivity contribution in [2.75, 3.05) is 6.61 Å². The van der Waals surface area contributed by atoms with E-state index in [4.69, 9.17) is 5.11 Å². The number of hydrogen-bond donors (Lipinski definition) is 1. The topological polar surface area (TPSA) is 68.0 Å². The zero-order valence-corrected chi connectivity index (χ0v) is 8.74. The monoisotopic (exact) mass is 249 g/mol. The van der Waals surface area contributed by atoms with Crippen molar-refractivity contribution >= 4 is 6.29 Å². The molecule has 0 saturated heterocycles. The van der Waals surface area contributed by atoms with E-state index < -0.39 is 23.0 Å². The number of aliphatic hydroxyl groups is 1. The van der Waals surface area contributed by atoms with Crippen molar-refractivity contribution in [3.8, 4) is 0 Å². The summed E-state index contributed by atoms with van der Waals surface area (Å²) >= 11 is 0. The van der Waals surface area contributed by atoms with Crippen LogP contribution >= 0.6 is 0 Å². The Balaban J connectivity index is 2.34. The highest BCUT2D eigenvalue weighted by atomic mass is 19.4. The summed E-state index contributed by atoms with van der Waals surface area (Å²) in [5, 5.41) is 15.6. The van der Waals surface area contributed by atoms with Gasteiger partial charge in [0.25, 0.3) is 0 Å². The number of hydrogen-bond acceptors (Lipinski definition) is 4. The lowest BCUT2D eigenvalue weighted by Gasteiger charge is -2.14. The third kappa shape index (κ3) is 2.17. The molecule has 0 radical (unpaired) electrons. The molecule has 2 rings (SSSR count). The molecule has 1 aromatic rings. The Labute approximate surface area is 94.2 Å². The van der Waals surface area contributed by atoms with E-state index in [0.717, 1.165) is 0 Å². The quantitative estimate of drug-likeness (QED) is 0.804. The molecule has 0 aromatic carbocycles. The van der Waals surface area contributed by atoms with Gasteiger partial charge in [0.15, 0.2) is 17.7 Å².